The predicted molar refractivity (Wildman–Crippen MR) is 63.1 cm³/mol. The Labute approximate surface area is 99.8 Å². The first-order valence-corrected chi connectivity index (χ1v) is 6.92. The molecule has 0 spiro atoms. The van der Waals surface area contributed by atoms with E-state index in [0.717, 1.165) is 45.7 Å². The molecule has 3 heterocycles. The fourth-order valence-corrected chi connectivity index (χ4v) is 3.42. The molecule has 16 heavy (non-hydrogen) atoms. The van der Waals surface area contributed by atoms with Crippen LogP contribution in [0.4, 0.5) is 0 Å². The molecule has 0 aromatic carbocycles. The molecule has 1 aromatic rings. The first-order valence-electron chi connectivity index (χ1n) is 6.04. The summed E-state index contributed by atoms with van der Waals surface area (Å²) in [6.07, 6.45) is 3.40. The lowest BCUT2D eigenvalue weighted by molar-refractivity contribution is 0.0846. The van der Waals surface area contributed by atoms with Gasteiger partial charge in [0.05, 0.1) is 17.3 Å². The molecule has 1 atom stereocenters. The van der Waals surface area contributed by atoms with Gasteiger partial charge in [-0.3, -0.25) is 0 Å². The van der Waals surface area contributed by atoms with Gasteiger partial charge >= 0.3 is 0 Å². The Hall–Kier alpha value is -0.450. The number of ether oxygens (including phenoxy) is 2. The van der Waals surface area contributed by atoms with Gasteiger partial charge < -0.3 is 9.47 Å². The summed E-state index contributed by atoms with van der Waals surface area (Å²) in [6.45, 7) is 3.55. The maximum Gasteiger partial charge on any atom is 0.0983 e. The van der Waals surface area contributed by atoms with Crippen LogP contribution in [0.1, 0.15) is 41.8 Å². The minimum atomic E-state index is 0.554. The Morgan fingerprint density at radius 2 is 1.81 bits per heavy atom. The zero-order valence-electron chi connectivity index (χ0n) is 9.35. The maximum atomic E-state index is 5.41. The van der Waals surface area contributed by atoms with Crippen molar-refractivity contribution in [1.29, 1.82) is 0 Å². The molecule has 3 rings (SSSR count). The SMILES string of the molecule is c1sc([C@H]2CCOC2)nc1C1CCOCC1. The fourth-order valence-electron chi connectivity index (χ4n) is 2.40. The van der Waals surface area contributed by atoms with Gasteiger partial charge in [-0.2, -0.15) is 0 Å². The summed E-state index contributed by atoms with van der Waals surface area (Å²) in [5.41, 5.74) is 1.29. The van der Waals surface area contributed by atoms with E-state index in [1.54, 1.807) is 0 Å². The lowest BCUT2D eigenvalue weighted by atomic mass is 9.97. The molecule has 2 saturated heterocycles. The first-order chi connectivity index (χ1) is 7.93. The van der Waals surface area contributed by atoms with E-state index in [-0.39, 0.29) is 0 Å². The van der Waals surface area contributed by atoms with Crippen molar-refractivity contribution < 1.29 is 9.47 Å². The molecule has 2 fully saturated rings. The highest BCUT2D eigenvalue weighted by molar-refractivity contribution is 7.09. The molecule has 0 aliphatic carbocycles. The second-order valence-electron chi connectivity index (χ2n) is 4.56. The van der Waals surface area contributed by atoms with E-state index in [1.807, 2.05) is 11.3 Å². The smallest absolute Gasteiger partial charge is 0.0983 e. The third-order valence-corrected chi connectivity index (χ3v) is 4.48. The van der Waals surface area contributed by atoms with E-state index >= 15 is 0 Å². The maximum absolute atomic E-state index is 5.41. The summed E-state index contributed by atoms with van der Waals surface area (Å²) in [5, 5.41) is 3.52. The van der Waals surface area contributed by atoms with Crippen molar-refractivity contribution in [1.82, 2.24) is 4.98 Å². The van der Waals surface area contributed by atoms with Crippen LogP contribution in [-0.2, 0) is 9.47 Å². The largest absolute Gasteiger partial charge is 0.381 e. The van der Waals surface area contributed by atoms with E-state index < -0.39 is 0 Å². The molecule has 0 radical (unpaired) electrons. The van der Waals surface area contributed by atoms with Crippen LogP contribution in [0.25, 0.3) is 0 Å². The molecule has 3 nitrogen and oxygen atoms in total. The minimum Gasteiger partial charge on any atom is -0.381 e. The van der Waals surface area contributed by atoms with Gasteiger partial charge in [-0.15, -0.1) is 11.3 Å². The van der Waals surface area contributed by atoms with E-state index in [1.165, 1.54) is 10.7 Å². The lowest BCUT2D eigenvalue weighted by Crippen LogP contribution is -2.14. The molecule has 4 heteroatoms. The summed E-state index contributed by atoms with van der Waals surface area (Å²) in [5.74, 6) is 1.18. The highest BCUT2D eigenvalue weighted by atomic mass is 32.1. The van der Waals surface area contributed by atoms with Crippen molar-refractivity contribution in [2.45, 2.75) is 31.1 Å². The van der Waals surface area contributed by atoms with E-state index in [9.17, 15) is 0 Å². The zero-order valence-corrected chi connectivity index (χ0v) is 10.2. The van der Waals surface area contributed by atoms with Gasteiger partial charge in [0.15, 0.2) is 0 Å². The van der Waals surface area contributed by atoms with Crippen molar-refractivity contribution in [2.24, 2.45) is 0 Å². The van der Waals surface area contributed by atoms with Crippen molar-refractivity contribution in [3.63, 3.8) is 0 Å². The number of aromatic nitrogens is 1. The van der Waals surface area contributed by atoms with Crippen LogP contribution in [-0.4, -0.2) is 31.4 Å². The van der Waals surface area contributed by atoms with E-state index in [2.05, 4.69) is 5.38 Å². The molecule has 0 bridgehead atoms. The fraction of sp³-hybridized carbons (Fsp3) is 0.750. The van der Waals surface area contributed by atoms with Crippen LogP contribution < -0.4 is 0 Å². The van der Waals surface area contributed by atoms with Crippen LogP contribution >= 0.6 is 11.3 Å². The highest BCUT2D eigenvalue weighted by Gasteiger charge is 2.23. The molecule has 1 aromatic heterocycles. The Morgan fingerprint density at radius 1 is 1.06 bits per heavy atom. The molecule has 0 unspecified atom stereocenters. The summed E-state index contributed by atoms with van der Waals surface area (Å²) in [6, 6.07) is 0. The first kappa shape index (κ1) is 10.7. The molecular weight excluding hydrogens is 222 g/mol. The molecule has 2 aliphatic rings. The average Bonchev–Trinajstić information content (AvgIpc) is 3.01. The number of nitrogens with zero attached hydrogens (tertiary/aromatic N) is 1. The van der Waals surface area contributed by atoms with Gasteiger partial charge in [-0.1, -0.05) is 0 Å². The van der Waals surface area contributed by atoms with Crippen molar-refractivity contribution in [2.75, 3.05) is 26.4 Å². The monoisotopic (exact) mass is 239 g/mol. The van der Waals surface area contributed by atoms with E-state index in [4.69, 9.17) is 14.5 Å². The van der Waals surface area contributed by atoms with Crippen LogP contribution in [0.2, 0.25) is 0 Å². The summed E-state index contributed by atoms with van der Waals surface area (Å²) in [4.78, 5) is 4.80. The van der Waals surface area contributed by atoms with Crippen molar-refractivity contribution in [3.8, 4) is 0 Å². The molecule has 0 N–H and O–H groups in total. The molecule has 0 amide bonds. The molecule has 0 saturated carbocycles. The highest BCUT2D eigenvalue weighted by Crippen LogP contribution is 2.32. The molecule has 2 aliphatic heterocycles. The van der Waals surface area contributed by atoms with Gasteiger partial charge in [-0.25, -0.2) is 4.98 Å². The number of rotatable bonds is 2. The van der Waals surface area contributed by atoms with Gasteiger partial charge in [0.25, 0.3) is 0 Å². The van der Waals surface area contributed by atoms with Gasteiger partial charge in [0.2, 0.25) is 0 Å². The van der Waals surface area contributed by atoms with Gasteiger partial charge in [0, 0.05) is 37.0 Å². The third kappa shape index (κ3) is 2.14. The quantitative estimate of drug-likeness (QED) is 0.794. The zero-order chi connectivity index (χ0) is 10.8. The van der Waals surface area contributed by atoms with Crippen molar-refractivity contribution >= 4 is 11.3 Å². The lowest BCUT2D eigenvalue weighted by Gasteiger charge is -2.20. The topological polar surface area (TPSA) is 31.4 Å². The normalized spacial score (nSPS) is 27.4. The summed E-state index contributed by atoms with van der Waals surface area (Å²) >= 11 is 1.81. The number of hydrogen-bond acceptors (Lipinski definition) is 4. The second kappa shape index (κ2) is 4.82. The average molecular weight is 239 g/mol. The predicted octanol–water partition coefficient (Wildman–Crippen LogP) is 2.54. The molecular formula is C12H17NO2S. The Kier molecular flexibility index (Phi) is 3.22. The van der Waals surface area contributed by atoms with Crippen LogP contribution in [0, 0.1) is 0 Å². The Morgan fingerprint density at radius 3 is 2.56 bits per heavy atom. The van der Waals surface area contributed by atoms with Crippen LogP contribution in [0.3, 0.4) is 0 Å². The summed E-state index contributed by atoms with van der Waals surface area (Å²) in [7, 11) is 0. The second-order valence-corrected chi connectivity index (χ2v) is 5.45. The third-order valence-electron chi connectivity index (χ3n) is 3.46. The number of thiazole rings is 1. The Bertz CT molecular complexity index is 341. The van der Waals surface area contributed by atoms with Crippen LogP contribution in [0.15, 0.2) is 5.38 Å². The summed E-state index contributed by atoms with van der Waals surface area (Å²) < 4.78 is 10.8. The minimum absolute atomic E-state index is 0.554. The molecule has 88 valence electrons. The van der Waals surface area contributed by atoms with E-state index in [0.29, 0.717) is 11.8 Å². The van der Waals surface area contributed by atoms with Gasteiger partial charge in [-0.05, 0) is 19.3 Å². The van der Waals surface area contributed by atoms with Crippen LogP contribution in [0.5, 0.6) is 0 Å². The standard InChI is InChI=1S/C12H17NO2S/c1-4-14-5-2-9(1)11-8-16-12(13-11)10-3-6-15-7-10/h8-10H,1-7H2/t10-/m0/s1. The Balaban J connectivity index is 1.71. The number of hydrogen-bond donors (Lipinski definition) is 0. The van der Waals surface area contributed by atoms with Crippen molar-refractivity contribution in [3.05, 3.63) is 16.1 Å². The van der Waals surface area contributed by atoms with Gasteiger partial charge in [0.1, 0.15) is 0 Å².